The third-order valence-corrected chi connectivity index (χ3v) is 3.08. The highest BCUT2D eigenvalue weighted by molar-refractivity contribution is 5.90. The van der Waals surface area contributed by atoms with E-state index in [1.54, 1.807) is 4.90 Å². The van der Waals surface area contributed by atoms with Crippen molar-refractivity contribution in [2.45, 2.75) is 26.2 Å². The van der Waals surface area contributed by atoms with E-state index < -0.39 is 0 Å². The van der Waals surface area contributed by atoms with E-state index in [0.717, 1.165) is 6.54 Å². The lowest BCUT2D eigenvalue weighted by atomic mass is 9.85. The zero-order valence-electron chi connectivity index (χ0n) is 9.44. The summed E-state index contributed by atoms with van der Waals surface area (Å²) >= 11 is 0. The number of hydrogen-bond donors (Lipinski definition) is 2. The SMILES string of the molecule is CCN(CC1CCC1)C(=O)c1nc(N)n[nH]1. The van der Waals surface area contributed by atoms with E-state index in [1.165, 1.54) is 19.3 Å². The van der Waals surface area contributed by atoms with Gasteiger partial charge in [0.2, 0.25) is 11.8 Å². The Balaban J connectivity index is 1.99. The van der Waals surface area contributed by atoms with E-state index >= 15 is 0 Å². The van der Waals surface area contributed by atoms with Crippen molar-refractivity contribution in [3.63, 3.8) is 0 Å². The van der Waals surface area contributed by atoms with Crippen molar-refractivity contribution < 1.29 is 4.79 Å². The molecule has 6 heteroatoms. The summed E-state index contributed by atoms with van der Waals surface area (Å²) in [5.41, 5.74) is 5.37. The first kappa shape index (κ1) is 10.9. The van der Waals surface area contributed by atoms with Gasteiger partial charge in [0.25, 0.3) is 5.91 Å². The molecule has 3 N–H and O–H groups in total. The number of anilines is 1. The van der Waals surface area contributed by atoms with Crippen LogP contribution < -0.4 is 5.73 Å². The fourth-order valence-electron chi connectivity index (χ4n) is 1.86. The van der Waals surface area contributed by atoms with Gasteiger partial charge >= 0.3 is 0 Å². The number of rotatable bonds is 4. The summed E-state index contributed by atoms with van der Waals surface area (Å²) < 4.78 is 0. The monoisotopic (exact) mass is 223 g/mol. The van der Waals surface area contributed by atoms with Crippen LogP contribution in [-0.4, -0.2) is 39.1 Å². The molecule has 0 unspecified atom stereocenters. The molecular weight excluding hydrogens is 206 g/mol. The van der Waals surface area contributed by atoms with Gasteiger partial charge in [0.05, 0.1) is 0 Å². The number of aromatic amines is 1. The fraction of sp³-hybridized carbons (Fsp3) is 0.700. The third-order valence-electron chi connectivity index (χ3n) is 3.08. The first-order valence-corrected chi connectivity index (χ1v) is 5.68. The number of H-pyrrole nitrogens is 1. The zero-order chi connectivity index (χ0) is 11.5. The Hall–Kier alpha value is -1.59. The van der Waals surface area contributed by atoms with Crippen molar-refractivity contribution in [3.05, 3.63) is 5.82 Å². The van der Waals surface area contributed by atoms with E-state index in [-0.39, 0.29) is 17.7 Å². The molecule has 1 aromatic heterocycles. The summed E-state index contributed by atoms with van der Waals surface area (Å²) in [4.78, 5) is 17.6. The molecule has 1 fully saturated rings. The van der Waals surface area contributed by atoms with Crippen LogP contribution in [-0.2, 0) is 0 Å². The fourth-order valence-corrected chi connectivity index (χ4v) is 1.86. The predicted molar refractivity (Wildman–Crippen MR) is 59.7 cm³/mol. The number of amides is 1. The number of nitrogen functional groups attached to an aromatic ring is 1. The minimum Gasteiger partial charge on any atom is -0.366 e. The second kappa shape index (κ2) is 4.51. The van der Waals surface area contributed by atoms with Gasteiger partial charge < -0.3 is 10.6 Å². The molecule has 0 bridgehead atoms. The maximum absolute atomic E-state index is 12.0. The summed E-state index contributed by atoms with van der Waals surface area (Å²) in [5, 5.41) is 6.21. The van der Waals surface area contributed by atoms with Crippen LogP contribution >= 0.6 is 0 Å². The number of hydrogen-bond acceptors (Lipinski definition) is 4. The highest BCUT2D eigenvalue weighted by Crippen LogP contribution is 2.27. The molecule has 0 aromatic carbocycles. The van der Waals surface area contributed by atoms with Gasteiger partial charge in [0.15, 0.2) is 0 Å². The van der Waals surface area contributed by atoms with Crippen molar-refractivity contribution in [1.82, 2.24) is 20.1 Å². The van der Waals surface area contributed by atoms with Gasteiger partial charge in [-0.15, -0.1) is 5.10 Å². The van der Waals surface area contributed by atoms with Crippen LogP contribution in [0.1, 0.15) is 36.8 Å². The van der Waals surface area contributed by atoms with Crippen molar-refractivity contribution in [3.8, 4) is 0 Å². The summed E-state index contributed by atoms with van der Waals surface area (Å²) in [6.45, 7) is 3.47. The van der Waals surface area contributed by atoms with E-state index in [9.17, 15) is 4.79 Å². The average molecular weight is 223 g/mol. The molecule has 1 aliphatic carbocycles. The minimum atomic E-state index is -0.112. The maximum atomic E-state index is 12.0. The maximum Gasteiger partial charge on any atom is 0.291 e. The van der Waals surface area contributed by atoms with Crippen molar-refractivity contribution in [1.29, 1.82) is 0 Å². The van der Waals surface area contributed by atoms with Crippen LogP contribution in [0.4, 0.5) is 5.95 Å². The van der Waals surface area contributed by atoms with Crippen molar-refractivity contribution in [2.75, 3.05) is 18.8 Å². The molecule has 6 nitrogen and oxygen atoms in total. The lowest BCUT2D eigenvalue weighted by Crippen LogP contribution is -2.37. The highest BCUT2D eigenvalue weighted by atomic mass is 16.2. The van der Waals surface area contributed by atoms with Crippen molar-refractivity contribution >= 4 is 11.9 Å². The lowest BCUT2D eigenvalue weighted by Gasteiger charge is -2.31. The molecule has 1 heterocycles. The molecule has 1 aromatic rings. The first-order chi connectivity index (χ1) is 7.70. The number of carbonyl (C=O) groups excluding carboxylic acids is 1. The third kappa shape index (κ3) is 2.15. The normalized spacial score (nSPS) is 15.8. The smallest absolute Gasteiger partial charge is 0.291 e. The molecule has 1 aliphatic rings. The quantitative estimate of drug-likeness (QED) is 0.784. The standard InChI is InChI=1S/C10H17N5O/c1-2-15(6-7-4-3-5-7)9(16)8-12-10(11)14-13-8/h7H,2-6H2,1H3,(H3,11,12,13,14). The Bertz CT molecular complexity index is 371. The summed E-state index contributed by atoms with van der Waals surface area (Å²) in [7, 11) is 0. The van der Waals surface area contributed by atoms with Crippen LogP contribution in [0.5, 0.6) is 0 Å². The van der Waals surface area contributed by atoms with Gasteiger partial charge in [-0.25, -0.2) is 0 Å². The molecular formula is C10H17N5O. The number of nitrogens with two attached hydrogens (primary N) is 1. The average Bonchev–Trinajstić information content (AvgIpc) is 2.63. The Morgan fingerprint density at radius 2 is 2.38 bits per heavy atom. The van der Waals surface area contributed by atoms with Crippen LogP contribution in [0.15, 0.2) is 0 Å². The van der Waals surface area contributed by atoms with E-state index in [0.29, 0.717) is 12.5 Å². The van der Waals surface area contributed by atoms with Crippen LogP contribution in [0.2, 0.25) is 0 Å². The number of nitrogens with zero attached hydrogens (tertiary/aromatic N) is 3. The zero-order valence-corrected chi connectivity index (χ0v) is 9.44. The van der Waals surface area contributed by atoms with Gasteiger partial charge in [-0.3, -0.25) is 9.89 Å². The Morgan fingerprint density at radius 1 is 1.62 bits per heavy atom. The molecule has 1 saturated carbocycles. The molecule has 2 rings (SSSR count). The first-order valence-electron chi connectivity index (χ1n) is 5.68. The van der Waals surface area contributed by atoms with Crippen LogP contribution in [0.25, 0.3) is 0 Å². The number of nitrogens with one attached hydrogen (secondary N) is 1. The van der Waals surface area contributed by atoms with E-state index in [2.05, 4.69) is 15.2 Å². The highest BCUT2D eigenvalue weighted by Gasteiger charge is 2.24. The second-order valence-electron chi connectivity index (χ2n) is 4.18. The van der Waals surface area contributed by atoms with Crippen LogP contribution in [0, 0.1) is 5.92 Å². The van der Waals surface area contributed by atoms with Gasteiger partial charge in [-0.2, -0.15) is 4.98 Å². The topological polar surface area (TPSA) is 87.9 Å². The Labute approximate surface area is 94.2 Å². The Morgan fingerprint density at radius 3 is 2.81 bits per heavy atom. The minimum absolute atomic E-state index is 0.112. The predicted octanol–water partition coefficient (Wildman–Crippen LogP) is 0.649. The second-order valence-corrected chi connectivity index (χ2v) is 4.18. The van der Waals surface area contributed by atoms with Crippen molar-refractivity contribution in [2.24, 2.45) is 5.92 Å². The molecule has 1 amide bonds. The molecule has 88 valence electrons. The van der Waals surface area contributed by atoms with Gasteiger partial charge in [-0.05, 0) is 25.7 Å². The molecule has 0 spiro atoms. The molecule has 0 atom stereocenters. The van der Waals surface area contributed by atoms with Crippen LogP contribution in [0.3, 0.4) is 0 Å². The number of carbonyl (C=O) groups is 1. The summed E-state index contributed by atoms with van der Waals surface area (Å²) in [6.07, 6.45) is 3.73. The molecule has 0 aliphatic heterocycles. The van der Waals surface area contributed by atoms with Gasteiger partial charge in [0.1, 0.15) is 0 Å². The van der Waals surface area contributed by atoms with E-state index in [4.69, 9.17) is 5.73 Å². The largest absolute Gasteiger partial charge is 0.366 e. The summed E-state index contributed by atoms with van der Waals surface area (Å²) in [5.74, 6) is 0.893. The lowest BCUT2D eigenvalue weighted by molar-refractivity contribution is 0.0694. The Kier molecular flexibility index (Phi) is 3.07. The van der Waals surface area contributed by atoms with Gasteiger partial charge in [0, 0.05) is 13.1 Å². The number of aromatic nitrogens is 3. The molecule has 16 heavy (non-hydrogen) atoms. The summed E-state index contributed by atoms with van der Waals surface area (Å²) in [6, 6.07) is 0. The molecule has 0 saturated heterocycles. The molecule has 0 radical (unpaired) electrons. The van der Waals surface area contributed by atoms with Gasteiger partial charge in [-0.1, -0.05) is 6.42 Å². The van der Waals surface area contributed by atoms with E-state index in [1.807, 2.05) is 6.92 Å².